The Morgan fingerprint density at radius 1 is 0.947 bits per heavy atom. The first-order valence-electron chi connectivity index (χ1n) is 6.57. The van der Waals surface area contributed by atoms with Crippen molar-refractivity contribution >= 4 is 10.8 Å². The van der Waals surface area contributed by atoms with Gasteiger partial charge in [0.2, 0.25) is 0 Å². The van der Waals surface area contributed by atoms with Gasteiger partial charge in [-0.05, 0) is 32.9 Å². The molecule has 0 spiro atoms. The Balaban J connectivity index is 2.40. The second kappa shape index (κ2) is 5.93. The van der Waals surface area contributed by atoms with Crippen LogP contribution in [0.5, 0.6) is 11.5 Å². The fourth-order valence-corrected chi connectivity index (χ4v) is 1.94. The minimum atomic E-state index is -0.481. The summed E-state index contributed by atoms with van der Waals surface area (Å²) < 4.78 is 11.4. The van der Waals surface area contributed by atoms with E-state index in [1.54, 1.807) is 6.92 Å². The SMILES string of the molecule is CC(O)COc1ccc(OC(C)C)c2ccccc12. The van der Waals surface area contributed by atoms with E-state index in [0.29, 0.717) is 0 Å². The molecule has 19 heavy (non-hydrogen) atoms. The van der Waals surface area contributed by atoms with Crippen LogP contribution < -0.4 is 9.47 Å². The quantitative estimate of drug-likeness (QED) is 0.895. The summed E-state index contributed by atoms with van der Waals surface area (Å²) in [6.45, 7) is 6.01. The van der Waals surface area contributed by atoms with E-state index in [9.17, 15) is 5.11 Å². The van der Waals surface area contributed by atoms with E-state index in [0.717, 1.165) is 22.3 Å². The number of ether oxygens (including phenoxy) is 2. The Morgan fingerprint density at radius 2 is 1.53 bits per heavy atom. The molecule has 1 N–H and O–H groups in total. The minimum Gasteiger partial charge on any atom is -0.490 e. The summed E-state index contributed by atoms with van der Waals surface area (Å²) >= 11 is 0. The lowest BCUT2D eigenvalue weighted by atomic mass is 10.1. The number of benzene rings is 2. The van der Waals surface area contributed by atoms with Gasteiger partial charge < -0.3 is 14.6 Å². The molecular weight excluding hydrogens is 240 g/mol. The maximum Gasteiger partial charge on any atom is 0.127 e. The number of fused-ring (bicyclic) bond motifs is 1. The molecule has 2 aromatic carbocycles. The van der Waals surface area contributed by atoms with Gasteiger partial charge in [-0.3, -0.25) is 0 Å². The second-order valence-corrected chi connectivity index (χ2v) is 4.93. The van der Waals surface area contributed by atoms with Gasteiger partial charge in [-0.1, -0.05) is 24.3 Å². The highest BCUT2D eigenvalue weighted by atomic mass is 16.5. The zero-order valence-corrected chi connectivity index (χ0v) is 11.6. The van der Waals surface area contributed by atoms with Crippen molar-refractivity contribution in [1.82, 2.24) is 0 Å². The van der Waals surface area contributed by atoms with E-state index < -0.39 is 6.10 Å². The smallest absolute Gasteiger partial charge is 0.127 e. The molecule has 0 aliphatic rings. The van der Waals surface area contributed by atoms with E-state index in [1.807, 2.05) is 50.2 Å². The van der Waals surface area contributed by atoms with Crippen LogP contribution in [0.25, 0.3) is 10.8 Å². The zero-order valence-electron chi connectivity index (χ0n) is 11.6. The average Bonchev–Trinajstić information content (AvgIpc) is 2.37. The monoisotopic (exact) mass is 260 g/mol. The standard InChI is InChI=1S/C16H20O3/c1-11(2)19-16-9-8-15(18-10-12(3)17)13-6-4-5-7-14(13)16/h4-9,11-12,17H,10H2,1-3H3. The van der Waals surface area contributed by atoms with Crippen molar-refractivity contribution in [2.75, 3.05) is 6.61 Å². The molecule has 2 aromatic rings. The molecule has 1 unspecified atom stereocenters. The summed E-state index contributed by atoms with van der Waals surface area (Å²) in [7, 11) is 0. The minimum absolute atomic E-state index is 0.132. The first-order valence-corrected chi connectivity index (χ1v) is 6.57. The maximum absolute atomic E-state index is 9.31. The topological polar surface area (TPSA) is 38.7 Å². The molecular formula is C16H20O3. The van der Waals surface area contributed by atoms with E-state index in [-0.39, 0.29) is 12.7 Å². The molecule has 3 heteroatoms. The van der Waals surface area contributed by atoms with Crippen LogP contribution in [0.4, 0.5) is 0 Å². The van der Waals surface area contributed by atoms with Crippen LogP contribution in [0, 0.1) is 0 Å². The molecule has 102 valence electrons. The van der Waals surface area contributed by atoms with E-state index in [4.69, 9.17) is 9.47 Å². The molecule has 0 radical (unpaired) electrons. The van der Waals surface area contributed by atoms with Gasteiger partial charge in [-0.25, -0.2) is 0 Å². The maximum atomic E-state index is 9.31. The summed E-state index contributed by atoms with van der Waals surface area (Å²) in [6.07, 6.45) is -0.349. The van der Waals surface area contributed by atoms with Crippen LogP contribution in [-0.2, 0) is 0 Å². The summed E-state index contributed by atoms with van der Waals surface area (Å²) in [5.74, 6) is 1.63. The lowest BCUT2D eigenvalue weighted by Crippen LogP contribution is -2.13. The predicted molar refractivity (Wildman–Crippen MR) is 76.9 cm³/mol. The molecule has 0 aromatic heterocycles. The number of rotatable bonds is 5. The Hall–Kier alpha value is -1.74. The largest absolute Gasteiger partial charge is 0.490 e. The second-order valence-electron chi connectivity index (χ2n) is 4.93. The molecule has 0 amide bonds. The molecule has 0 bridgehead atoms. The molecule has 2 rings (SSSR count). The highest BCUT2D eigenvalue weighted by molar-refractivity contribution is 5.93. The summed E-state index contributed by atoms with van der Waals surface area (Å²) in [5, 5.41) is 11.3. The molecule has 0 aliphatic carbocycles. The van der Waals surface area contributed by atoms with Crippen LogP contribution in [0.15, 0.2) is 36.4 Å². The first-order chi connectivity index (χ1) is 9.08. The van der Waals surface area contributed by atoms with Crippen molar-refractivity contribution < 1.29 is 14.6 Å². The van der Waals surface area contributed by atoms with Gasteiger partial charge in [-0.2, -0.15) is 0 Å². The lowest BCUT2D eigenvalue weighted by Gasteiger charge is -2.15. The zero-order chi connectivity index (χ0) is 13.8. The van der Waals surface area contributed by atoms with Gasteiger partial charge in [0.05, 0.1) is 12.2 Å². The molecule has 3 nitrogen and oxygen atoms in total. The molecule has 1 atom stereocenters. The highest BCUT2D eigenvalue weighted by Gasteiger charge is 2.09. The van der Waals surface area contributed by atoms with Crippen molar-refractivity contribution in [1.29, 1.82) is 0 Å². The van der Waals surface area contributed by atoms with Crippen LogP contribution >= 0.6 is 0 Å². The summed E-state index contributed by atoms with van der Waals surface area (Å²) in [4.78, 5) is 0. The summed E-state index contributed by atoms with van der Waals surface area (Å²) in [5.41, 5.74) is 0. The Morgan fingerprint density at radius 3 is 2.11 bits per heavy atom. The number of hydrogen-bond donors (Lipinski definition) is 1. The normalized spacial score (nSPS) is 12.7. The van der Waals surface area contributed by atoms with Crippen molar-refractivity contribution in [3.8, 4) is 11.5 Å². The van der Waals surface area contributed by atoms with E-state index in [1.165, 1.54) is 0 Å². The van der Waals surface area contributed by atoms with Gasteiger partial charge in [0.15, 0.2) is 0 Å². The number of aliphatic hydroxyl groups excluding tert-OH is 1. The average molecular weight is 260 g/mol. The fraction of sp³-hybridized carbons (Fsp3) is 0.375. The van der Waals surface area contributed by atoms with E-state index >= 15 is 0 Å². The van der Waals surface area contributed by atoms with Crippen LogP contribution in [0.2, 0.25) is 0 Å². The summed E-state index contributed by atoms with van der Waals surface area (Å²) in [6, 6.07) is 11.8. The Kier molecular flexibility index (Phi) is 4.27. The van der Waals surface area contributed by atoms with E-state index in [2.05, 4.69) is 0 Å². The number of hydrogen-bond acceptors (Lipinski definition) is 3. The lowest BCUT2D eigenvalue weighted by molar-refractivity contribution is 0.123. The molecule has 0 heterocycles. The first kappa shape index (κ1) is 13.7. The van der Waals surface area contributed by atoms with Gasteiger partial charge >= 0.3 is 0 Å². The van der Waals surface area contributed by atoms with Crippen molar-refractivity contribution in [3.63, 3.8) is 0 Å². The Bertz CT molecular complexity index is 547. The van der Waals surface area contributed by atoms with Crippen molar-refractivity contribution in [2.24, 2.45) is 0 Å². The third kappa shape index (κ3) is 3.38. The molecule has 0 saturated heterocycles. The Labute approximate surface area is 113 Å². The molecule has 0 aliphatic heterocycles. The third-order valence-corrected chi connectivity index (χ3v) is 2.69. The predicted octanol–water partition coefficient (Wildman–Crippen LogP) is 3.39. The highest BCUT2D eigenvalue weighted by Crippen LogP contribution is 2.33. The van der Waals surface area contributed by atoms with Crippen molar-refractivity contribution in [3.05, 3.63) is 36.4 Å². The van der Waals surface area contributed by atoms with Gasteiger partial charge in [-0.15, -0.1) is 0 Å². The number of aliphatic hydroxyl groups is 1. The third-order valence-electron chi connectivity index (χ3n) is 2.69. The molecule has 0 saturated carbocycles. The van der Waals surface area contributed by atoms with Crippen molar-refractivity contribution in [2.45, 2.75) is 33.0 Å². The molecule has 0 fully saturated rings. The van der Waals surface area contributed by atoms with Crippen LogP contribution in [0.1, 0.15) is 20.8 Å². The van der Waals surface area contributed by atoms with Crippen LogP contribution in [0.3, 0.4) is 0 Å². The van der Waals surface area contributed by atoms with Gasteiger partial charge in [0.25, 0.3) is 0 Å². The fourth-order valence-electron chi connectivity index (χ4n) is 1.94. The van der Waals surface area contributed by atoms with Gasteiger partial charge in [0.1, 0.15) is 18.1 Å². The van der Waals surface area contributed by atoms with Crippen LogP contribution in [-0.4, -0.2) is 23.9 Å². The van der Waals surface area contributed by atoms with Gasteiger partial charge in [0, 0.05) is 10.8 Å².